The van der Waals surface area contributed by atoms with E-state index in [0.717, 1.165) is 0 Å². The van der Waals surface area contributed by atoms with Gasteiger partial charge in [0.1, 0.15) is 0 Å². The van der Waals surface area contributed by atoms with Gasteiger partial charge in [0.2, 0.25) is 0 Å². The van der Waals surface area contributed by atoms with E-state index in [1.165, 1.54) is 18.2 Å². The largest absolute Gasteiger partial charge is 0.478 e. The highest BCUT2D eigenvalue weighted by atomic mass is 31.2. The van der Waals surface area contributed by atoms with E-state index in [4.69, 9.17) is 20.0 Å². The Kier molecular flexibility index (Phi) is 4.83. The lowest BCUT2D eigenvalue weighted by atomic mass is 10.0. The molecule has 0 bridgehead atoms. The van der Waals surface area contributed by atoms with E-state index in [9.17, 15) is 14.2 Å². The van der Waals surface area contributed by atoms with Crippen molar-refractivity contribution in [3.63, 3.8) is 0 Å². The smallest absolute Gasteiger partial charge is 0.335 e. The fraction of sp³-hybridized carbons (Fsp3) is 0.273. The molecule has 0 amide bonds. The number of hydrogen-bond donors (Lipinski definition) is 4. The van der Waals surface area contributed by atoms with Crippen LogP contribution in [-0.4, -0.2) is 38.1 Å². The Morgan fingerprint density at radius 1 is 1.11 bits per heavy atom. The normalized spacial score (nSPS) is 11.3. The topological polar surface area (TPSA) is 132 Å². The van der Waals surface area contributed by atoms with Gasteiger partial charge in [-0.2, -0.15) is 0 Å². The lowest BCUT2D eigenvalue weighted by Crippen LogP contribution is -2.06. The molecule has 0 aliphatic carbocycles. The maximum Gasteiger partial charge on any atom is 0.335 e. The summed E-state index contributed by atoms with van der Waals surface area (Å²) < 4.78 is 10.7. The van der Waals surface area contributed by atoms with Crippen LogP contribution in [0.15, 0.2) is 18.2 Å². The Balaban J connectivity index is 2.95. The highest BCUT2D eigenvalue weighted by molar-refractivity contribution is 7.51. The number of carbonyl (C=O) groups is 2. The van der Waals surface area contributed by atoms with Crippen molar-refractivity contribution in [2.75, 3.05) is 6.16 Å². The number of hydrogen-bond acceptors (Lipinski definition) is 3. The molecule has 0 heterocycles. The van der Waals surface area contributed by atoms with Gasteiger partial charge in [0.05, 0.1) is 17.3 Å². The van der Waals surface area contributed by atoms with Crippen LogP contribution in [-0.2, 0) is 11.0 Å². The fourth-order valence-electron chi connectivity index (χ4n) is 1.62. The second-order valence-electron chi connectivity index (χ2n) is 3.97. The number of rotatable bonds is 6. The Morgan fingerprint density at radius 2 is 1.74 bits per heavy atom. The molecule has 4 N–H and O–H groups in total. The summed E-state index contributed by atoms with van der Waals surface area (Å²) in [5.41, 5.74) is 0.132. The third kappa shape index (κ3) is 4.82. The molecule has 0 aliphatic heterocycles. The van der Waals surface area contributed by atoms with Crippen LogP contribution >= 0.6 is 7.60 Å². The molecule has 0 aromatic heterocycles. The van der Waals surface area contributed by atoms with Crippen LogP contribution in [0.1, 0.15) is 32.7 Å². The van der Waals surface area contributed by atoms with E-state index in [-0.39, 0.29) is 35.7 Å². The molecular weight excluding hydrogens is 275 g/mol. The number of benzene rings is 1. The monoisotopic (exact) mass is 288 g/mol. The highest BCUT2D eigenvalue weighted by Crippen LogP contribution is 2.35. The van der Waals surface area contributed by atoms with E-state index in [1.54, 1.807) is 0 Å². The average Bonchev–Trinajstić information content (AvgIpc) is 2.26. The van der Waals surface area contributed by atoms with Gasteiger partial charge in [0.25, 0.3) is 0 Å². The minimum absolute atomic E-state index is 0.0591. The summed E-state index contributed by atoms with van der Waals surface area (Å²) in [6.07, 6.45) is -0.204. The average molecular weight is 288 g/mol. The molecule has 0 radical (unpaired) electrons. The van der Waals surface area contributed by atoms with Crippen molar-refractivity contribution in [2.45, 2.75) is 12.8 Å². The van der Waals surface area contributed by atoms with Gasteiger partial charge >= 0.3 is 19.5 Å². The molecule has 1 aromatic rings. The predicted molar refractivity (Wildman–Crippen MR) is 65.6 cm³/mol. The second-order valence-corrected chi connectivity index (χ2v) is 5.75. The van der Waals surface area contributed by atoms with Gasteiger partial charge < -0.3 is 20.0 Å². The highest BCUT2D eigenvalue weighted by Gasteiger charge is 2.16. The van der Waals surface area contributed by atoms with E-state index < -0.39 is 19.5 Å². The zero-order chi connectivity index (χ0) is 14.6. The van der Waals surface area contributed by atoms with Gasteiger partial charge in [-0.15, -0.1) is 0 Å². The minimum Gasteiger partial charge on any atom is -0.478 e. The maximum atomic E-state index is 11.0. The van der Waals surface area contributed by atoms with Gasteiger partial charge in [-0.3, -0.25) is 4.57 Å². The zero-order valence-electron chi connectivity index (χ0n) is 9.81. The molecule has 1 aromatic carbocycles. The first-order valence-corrected chi connectivity index (χ1v) is 7.14. The molecule has 7 nitrogen and oxygen atoms in total. The Labute approximate surface area is 108 Å². The molecule has 0 unspecified atom stereocenters. The minimum atomic E-state index is -4.14. The molecule has 1 rings (SSSR count). The molecule has 104 valence electrons. The first-order chi connectivity index (χ1) is 8.70. The van der Waals surface area contributed by atoms with Gasteiger partial charge in [-0.05, 0) is 36.6 Å². The molecule has 19 heavy (non-hydrogen) atoms. The fourth-order valence-corrected chi connectivity index (χ4v) is 2.19. The van der Waals surface area contributed by atoms with E-state index in [0.29, 0.717) is 0 Å². The SMILES string of the molecule is O=C(O)c1ccc(C(=O)O)c(CCCP(=O)(O)O)c1. The number of carboxylic acid groups (broad SMARTS) is 2. The van der Waals surface area contributed by atoms with Crippen molar-refractivity contribution in [3.05, 3.63) is 34.9 Å². The van der Waals surface area contributed by atoms with Crippen molar-refractivity contribution in [2.24, 2.45) is 0 Å². The summed E-state index contributed by atoms with van der Waals surface area (Å²) in [6, 6.07) is 3.57. The van der Waals surface area contributed by atoms with Gasteiger partial charge in [0, 0.05) is 0 Å². The quantitative estimate of drug-likeness (QED) is 0.578. The molecule has 0 fully saturated rings. The Bertz CT molecular complexity index is 546. The molecule has 0 saturated carbocycles. The standard InChI is InChI=1S/C11H13O7P/c12-10(13)8-3-4-9(11(14)15)7(6-8)2-1-5-19(16,17)18/h3-4,6H,1-2,5H2,(H,12,13)(H,14,15)(H2,16,17,18). The van der Waals surface area contributed by atoms with E-state index >= 15 is 0 Å². The number of aryl methyl sites for hydroxylation is 1. The Hall–Kier alpha value is -1.69. The summed E-state index contributed by atoms with van der Waals surface area (Å²) in [5.74, 6) is -2.39. The van der Waals surface area contributed by atoms with Gasteiger partial charge in [0.15, 0.2) is 0 Å². The molecule has 0 saturated heterocycles. The van der Waals surface area contributed by atoms with Crippen molar-refractivity contribution in [1.29, 1.82) is 0 Å². The van der Waals surface area contributed by atoms with Crippen LogP contribution in [0.4, 0.5) is 0 Å². The summed E-state index contributed by atoms with van der Waals surface area (Å²) in [7, 11) is -4.14. The second kappa shape index (κ2) is 5.97. The molecule has 0 aliphatic rings. The zero-order valence-corrected chi connectivity index (χ0v) is 10.7. The van der Waals surface area contributed by atoms with Crippen LogP contribution in [0.5, 0.6) is 0 Å². The number of carboxylic acids is 2. The molecule has 0 atom stereocenters. The summed E-state index contributed by atoms with van der Waals surface area (Å²) >= 11 is 0. The lowest BCUT2D eigenvalue weighted by molar-refractivity contribution is 0.0680. The van der Waals surface area contributed by atoms with Gasteiger partial charge in [-0.1, -0.05) is 0 Å². The first kappa shape index (κ1) is 15.4. The van der Waals surface area contributed by atoms with Crippen LogP contribution in [0, 0.1) is 0 Å². The van der Waals surface area contributed by atoms with Crippen molar-refractivity contribution in [1.82, 2.24) is 0 Å². The van der Waals surface area contributed by atoms with Crippen molar-refractivity contribution in [3.8, 4) is 0 Å². The molecule has 0 spiro atoms. The molecular formula is C11H13O7P. The van der Waals surface area contributed by atoms with E-state index in [1.807, 2.05) is 0 Å². The van der Waals surface area contributed by atoms with E-state index in [2.05, 4.69) is 0 Å². The summed E-state index contributed by atoms with van der Waals surface area (Å²) in [6.45, 7) is 0. The third-order valence-electron chi connectivity index (χ3n) is 2.48. The van der Waals surface area contributed by atoms with Crippen molar-refractivity contribution >= 4 is 19.5 Å². The van der Waals surface area contributed by atoms with Crippen LogP contribution in [0.25, 0.3) is 0 Å². The van der Waals surface area contributed by atoms with Crippen LogP contribution in [0.2, 0.25) is 0 Å². The maximum absolute atomic E-state index is 11.0. The van der Waals surface area contributed by atoms with Crippen LogP contribution < -0.4 is 0 Å². The third-order valence-corrected chi connectivity index (χ3v) is 3.38. The van der Waals surface area contributed by atoms with Gasteiger partial charge in [-0.25, -0.2) is 9.59 Å². The number of aromatic carboxylic acids is 2. The summed E-state index contributed by atoms with van der Waals surface area (Å²) in [5, 5.41) is 17.8. The Morgan fingerprint density at radius 3 is 2.21 bits per heavy atom. The molecule has 8 heteroatoms. The predicted octanol–water partition coefficient (Wildman–Crippen LogP) is 1.19. The summed E-state index contributed by atoms with van der Waals surface area (Å²) in [4.78, 5) is 39.2. The van der Waals surface area contributed by atoms with Crippen LogP contribution in [0.3, 0.4) is 0 Å². The lowest BCUT2D eigenvalue weighted by Gasteiger charge is -2.08. The first-order valence-electron chi connectivity index (χ1n) is 5.35. The van der Waals surface area contributed by atoms with Crippen molar-refractivity contribution < 1.29 is 34.2 Å².